The number of rotatable bonds is 10. The maximum atomic E-state index is 14.0. The van der Waals surface area contributed by atoms with E-state index < -0.39 is 32.3 Å². The second-order valence-electron chi connectivity index (χ2n) is 14.6. The van der Waals surface area contributed by atoms with Crippen LogP contribution in [0.15, 0.2) is 48.7 Å². The average Bonchev–Trinajstić information content (AvgIpc) is 3.50. The number of aliphatic carboxylic acids is 1. The van der Waals surface area contributed by atoms with E-state index in [0.29, 0.717) is 53.0 Å². The first-order chi connectivity index (χ1) is 23.2. The summed E-state index contributed by atoms with van der Waals surface area (Å²) in [6.45, 7) is 12.0. The van der Waals surface area contributed by atoms with Crippen molar-refractivity contribution in [1.82, 2.24) is 20.2 Å². The number of ether oxygens (including phenoxy) is 1. The van der Waals surface area contributed by atoms with Crippen LogP contribution in [-0.2, 0) is 25.2 Å². The van der Waals surface area contributed by atoms with Crippen molar-refractivity contribution in [1.29, 1.82) is 0 Å². The van der Waals surface area contributed by atoms with Crippen LogP contribution in [0.2, 0.25) is 23.2 Å². The van der Waals surface area contributed by atoms with E-state index in [-0.39, 0.29) is 36.1 Å². The third-order valence-electron chi connectivity index (χ3n) is 10.3. The van der Waals surface area contributed by atoms with Gasteiger partial charge in [0.25, 0.3) is 5.91 Å². The lowest BCUT2D eigenvalue weighted by molar-refractivity contribution is -0.138. The van der Waals surface area contributed by atoms with Gasteiger partial charge in [-0.25, -0.2) is 9.97 Å². The minimum absolute atomic E-state index is 0.0219. The van der Waals surface area contributed by atoms with Crippen LogP contribution in [0.4, 0.5) is 5.95 Å². The van der Waals surface area contributed by atoms with Crippen LogP contribution in [0.3, 0.4) is 0 Å². The molecule has 3 atom stereocenters. The van der Waals surface area contributed by atoms with Gasteiger partial charge in [0.1, 0.15) is 6.54 Å². The summed E-state index contributed by atoms with van der Waals surface area (Å²) >= 11 is 6.54. The fourth-order valence-corrected chi connectivity index (χ4v) is 8.17. The van der Waals surface area contributed by atoms with Gasteiger partial charge in [0, 0.05) is 36.8 Å². The van der Waals surface area contributed by atoms with Crippen LogP contribution in [0.5, 0.6) is 0 Å². The lowest BCUT2D eigenvalue weighted by Crippen LogP contribution is -2.48. The van der Waals surface area contributed by atoms with Crippen LogP contribution in [0.25, 0.3) is 11.3 Å². The summed E-state index contributed by atoms with van der Waals surface area (Å²) in [4.78, 5) is 50.1. The Morgan fingerprint density at radius 1 is 1.12 bits per heavy atom. The molecular weight excluding hydrogens is 662 g/mol. The second kappa shape index (κ2) is 13.8. The zero-order valence-corrected chi connectivity index (χ0v) is 30.3. The van der Waals surface area contributed by atoms with E-state index in [1.165, 1.54) is 11.1 Å². The summed E-state index contributed by atoms with van der Waals surface area (Å²) in [5.74, 6) is -1.46. The van der Waals surface area contributed by atoms with Gasteiger partial charge in [-0.15, -0.1) is 0 Å². The first-order valence-electron chi connectivity index (χ1n) is 16.8. The molecule has 11 nitrogen and oxygen atoms in total. The zero-order chi connectivity index (χ0) is 35.1. The third-order valence-corrected chi connectivity index (χ3v) is 15.1. The number of carboxylic acids is 1. The number of anilines is 1. The Bertz CT molecular complexity index is 1760. The summed E-state index contributed by atoms with van der Waals surface area (Å²) in [7, 11) is -2.18. The number of nitrogens with zero attached hydrogens (tertiary/aromatic N) is 3. The van der Waals surface area contributed by atoms with E-state index in [9.17, 15) is 19.5 Å². The molecule has 0 spiro atoms. The van der Waals surface area contributed by atoms with Crippen LogP contribution in [-0.4, -0.2) is 78.0 Å². The van der Waals surface area contributed by atoms with Gasteiger partial charge in [-0.3, -0.25) is 14.4 Å². The Labute approximate surface area is 292 Å². The van der Waals surface area contributed by atoms with Gasteiger partial charge in [-0.1, -0.05) is 68.8 Å². The molecule has 13 heteroatoms. The van der Waals surface area contributed by atoms with Gasteiger partial charge >= 0.3 is 5.97 Å². The molecule has 2 aliphatic heterocycles. The number of carboxylic acid groups (broad SMARTS) is 1. The van der Waals surface area contributed by atoms with Crippen molar-refractivity contribution < 1.29 is 28.7 Å². The number of carbonyl (C=O) groups excluding carboxylic acids is 2. The van der Waals surface area contributed by atoms with E-state index in [1.807, 2.05) is 18.2 Å². The number of carbonyl (C=O) groups is 3. The van der Waals surface area contributed by atoms with E-state index in [0.717, 1.165) is 24.0 Å². The van der Waals surface area contributed by atoms with Crippen LogP contribution < -0.4 is 10.6 Å². The van der Waals surface area contributed by atoms with Crippen molar-refractivity contribution in [2.24, 2.45) is 0 Å². The van der Waals surface area contributed by atoms with Crippen molar-refractivity contribution in [3.63, 3.8) is 0 Å². The maximum Gasteiger partial charge on any atom is 0.305 e. The molecule has 49 heavy (non-hydrogen) atoms. The smallest absolute Gasteiger partial charge is 0.305 e. The highest BCUT2D eigenvalue weighted by Crippen LogP contribution is 2.43. The first-order valence-corrected chi connectivity index (χ1v) is 20.1. The Kier molecular flexibility index (Phi) is 9.87. The molecule has 3 heterocycles. The van der Waals surface area contributed by atoms with Gasteiger partial charge < -0.3 is 29.8 Å². The van der Waals surface area contributed by atoms with Crippen molar-refractivity contribution in [2.45, 2.75) is 88.8 Å². The molecule has 0 radical (unpaired) electrons. The van der Waals surface area contributed by atoms with Gasteiger partial charge in [0.2, 0.25) is 11.9 Å². The number of benzene rings is 2. The van der Waals surface area contributed by atoms with Crippen molar-refractivity contribution in [3.8, 4) is 11.3 Å². The molecule has 2 aromatic carbocycles. The number of halogens is 1. The van der Waals surface area contributed by atoms with Gasteiger partial charge in [0.15, 0.2) is 8.32 Å². The molecule has 260 valence electrons. The number of amides is 2. The lowest BCUT2D eigenvalue weighted by atomic mass is 9.98. The normalized spacial score (nSPS) is 21.0. The summed E-state index contributed by atoms with van der Waals surface area (Å²) < 4.78 is 12.3. The Balaban J connectivity index is 1.23. The number of hydrogen-bond acceptors (Lipinski definition) is 8. The van der Waals surface area contributed by atoms with Crippen molar-refractivity contribution in [2.75, 3.05) is 25.1 Å². The highest BCUT2D eigenvalue weighted by atomic mass is 35.5. The molecule has 1 aromatic heterocycles. The Hall–Kier alpha value is -3.84. The summed E-state index contributed by atoms with van der Waals surface area (Å²) in [6.07, 6.45) is 3.26. The number of fused-ring (bicyclic) bond motifs is 2. The van der Waals surface area contributed by atoms with E-state index in [4.69, 9.17) is 20.8 Å². The molecule has 1 unspecified atom stereocenters. The van der Waals surface area contributed by atoms with Gasteiger partial charge in [-0.05, 0) is 53.7 Å². The van der Waals surface area contributed by atoms with Crippen molar-refractivity contribution >= 4 is 43.7 Å². The predicted octanol–water partition coefficient (Wildman–Crippen LogP) is 6.16. The Morgan fingerprint density at radius 3 is 2.57 bits per heavy atom. The van der Waals surface area contributed by atoms with Crippen LogP contribution in [0, 0.1) is 0 Å². The van der Waals surface area contributed by atoms with E-state index >= 15 is 0 Å². The van der Waals surface area contributed by atoms with E-state index in [2.05, 4.69) is 60.5 Å². The third kappa shape index (κ3) is 7.37. The minimum atomic E-state index is -2.18. The van der Waals surface area contributed by atoms with E-state index in [1.54, 1.807) is 18.2 Å². The maximum absolute atomic E-state index is 14.0. The van der Waals surface area contributed by atoms with Gasteiger partial charge in [0.05, 0.1) is 41.5 Å². The zero-order valence-electron chi connectivity index (χ0n) is 28.6. The molecular formula is C36H44ClN5O6Si. The largest absolute Gasteiger partial charge is 0.481 e. The fraction of sp³-hybridized carbons (Fsp3) is 0.472. The number of nitrogens with one attached hydrogen (secondary N) is 2. The molecule has 1 saturated heterocycles. The highest BCUT2D eigenvalue weighted by Gasteiger charge is 2.45. The molecule has 3 aliphatic rings. The molecule has 0 saturated carbocycles. The second-order valence-corrected chi connectivity index (χ2v) is 19.8. The molecule has 2 amide bonds. The lowest BCUT2D eigenvalue weighted by Gasteiger charge is -2.40. The molecule has 0 bridgehead atoms. The fourth-order valence-electron chi connectivity index (χ4n) is 6.64. The minimum Gasteiger partial charge on any atom is -0.481 e. The standard InChI is InChI=1S/C36H44ClN5O6Si/c1-36(2,3)49(4,5)48-29-17-21-8-6-7-9-24(21)33(29)40-30(43)20-42-28(18-31(44)45)25-11-10-22(16-26(25)34(42)46)32-27(37)19-38-35(41-32)39-23-12-14-47-15-13-23/h6-11,16,19,23,28-29,33H,12-15,17-18,20H2,1-5H3,(H,40,43)(H,44,45)(H,38,39,41)/t28?,29-,33+/m1/s1. The summed E-state index contributed by atoms with van der Waals surface area (Å²) in [5, 5.41) is 16.6. The molecule has 6 rings (SSSR count). The summed E-state index contributed by atoms with van der Waals surface area (Å²) in [6, 6.07) is 12.1. The van der Waals surface area contributed by atoms with Gasteiger partial charge in [-0.2, -0.15) is 0 Å². The first kappa shape index (κ1) is 35.0. The molecule has 1 aliphatic carbocycles. The molecule has 3 aromatic rings. The van der Waals surface area contributed by atoms with Crippen LogP contribution in [0.1, 0.15) is 79.2 Å². The van der Waals surface area contributed by atoms with Crippen LogP contribution >= 0.6 is 11.6 Å². The molecule has 3 N–H and O–H groups in total. The Morgan fingerprint density at radius 2 is 1.86 bits per heavy atom. The number of hydrogen-bond donors (Lipinski definition) is 3. The number of aromatic nitrogens is 2. The van der Waals surface area contributed by atoms with Crippen molar-refractivity contribution in [3.05, 3.63) is 75.9 Å². The molecule has 1 fully saturated rings. The average molecular weight is 706 g/mol. The topological polar surface area (TPSA) is 143 Å². The monoisotopic (exact) mass is 705 g/mol. The quantitative estimate of drug-likeness (QED) is 0.211. The summed E-state index contributed by atoms with van der Waals surface area (Å²) in [5.41, 5.74) is 4.00. The SMILES string of the molecule is CC(C)(C)[Si](C)(C)O[C@@H]1Cc2ccccc2[C@@H]1NC(=O)CN1C(=O)c2cc(-c3nc(NC4CCOCC4)ncc3Cl)ccc2C1CC(=O)O. The predicted molar refractivity (Wildman–Crippen MR) is 189 cm³/mol. The highest BCUT2D eigenvalue weighted by molar-refractivity contribution is 6.74.